The van der Waals surface area contributed by atoms with Crippen molar-refractivity contribution in [3.8, 4) is 0 Å². The Morgan fingerprint density at radius 2 is 1.70 bits per heavy atom. The minimum atomic E-state index is 0.215. The topological polar surface area (TPSA) is 21.6 Å². The van der Waals surface area contributed by atoms with Gasteiger partial charge in [-0.2, -0.15) is 0 Å². The zero-order chi connectivity index (χ0) is 18.9. The fourth-order valence-corrected chi connectivity index (χ4v) is 6.52. The van der Waals surface area contributed by atoms with Crippen LogP contribution in [0.5, 0.6) is 0 Å². The summed E-state index contributed by atoms with van der Waals surface area (Å²) in [6.45, 7) is 7.99. The Kier molecular flexibility index (Phi) is 5.17. The largest absolute Gasteiger partial charge is 0.372 e. The third kappa shape index (κ3) is 3.36. The molecule has 2 aromatic carbocycles. The highest BCUT2D eigenvalue weighted by molar-refractivity contribution is 7.98. The fraction of sp³-hybridized carbons (Fsp3) is 0.458. The molecule has 2 bridgehead atoms. The van der Waals surface area contributed by atoms with Gasteiger partial charge in [0, 0.05) is 11.6 Å². The van der Waals surface area contributed by atoms with Crippen molar-refractivity contribution >= 4 is 18.2 Å². The van der Waals surface area contributed by atoms with Crippen molar-refractivity contribution in [2.75, 3.05) is 0 Å². The minimum Gasteiger partial charge on any atom is -0.372 e. The molecule has 3 heteroatoms. The Morgan fingerprint density at radius 1 is 1.04 bits per heavy atom. The highest BCUT2D eigenvalue weighted by atomic mass is 32.2. The van der Waals surface area contributed by atoms with Crippen LogP contribution in [0.15, 0.2) is 65.1 Å². The maximum atomic E-state index is 6.58. The predicted octanol–water partition coefficient (Wildman–Crippen LogP) is 6.16. The van der Waals surface area contributed by atoms with Gasteiger partial charge in [0.1, 0.15) is 0 Å². The maximum Gasteiger partial charge on any atom is 0.0777 e. The van der Waals surface area contributed by atoms with Gasteiger partial charge in [0.05, 0.1) is 18.0 Å². The first-order chi connectivity index (χ1) is 13.0. The molecule has 2 aliphatic rings. The van der Waals surface area contributed by atoms with Gasteiger partial charge >= 0.3 is 0 Å². The molecule has 0 N–H and O–H groups in total. The first-order valence-corrected chi connectivity index (χ1v) is 10.8. The molecule has 142 valence electrons. The van der Waals surface area contributed by atoms with Gasteiger partial charge in [-0.15, -0.1) is 0 Å². The van der Waals surface area contributed by atoms with Gasteiger partial charge in [0.2, 0.25) is 0 Å². The van der Waals surface area contributed by atoms with E-state index in [4.69, 9.17) is 9.13 Å². The van der Waals surface area contributed by atoms with Crippen LogP contribution in [-0.2, 0) is 11.3 Å². The summed E-state index contributed by atoms with van der Waals surface area (Å²) in [6, 6.07) is 20.9. The lowest BCUT2D eigenvalue weighted by molar-refractivity contribution is -0.0526. The van der Waals surface area contributed by atoms with Crippen LogP contribution in [-0.4, -0.2) is 17.6 Å². The van der Waals surface area contributed by atoms with E-state index in [2.05, 4.69) is 75.4 Å². The summed E-state index contributed by atoms with van der Waals surface area (Å²) in [4.78, 5) is 0. The molecule has 2 aromatic rings. The number of hydrogen-bond donors (Lipinski definition) is 0. The van der Waals surface area contributed by atoms with Gasteiger partial charge in [-0.3, -0.25) is 0 Å². The van der Waals surface area contributed by atoms with E-state index in [0.717, 1.165) is 5.56 Å². The summed E-state index contributed by atoms with van der Waals surface area (Å²) >= 11 is 1.73. The van der Waals surface area contributed by atoms with Crippen LogP contribution in [0.3, 0.4) is 0 Å². The van der Waals surface area contributed by atoms with Crippen molar-refractivity contribution in [2.24, 2.45) is 21.1 Å². The third-order valence-electron chi connectivity index (χ3n) is 7.15. The number of nitrogens with zero attached hydrogens (tertiary/aromatic N) is 1. The highest BCUT2D eigenvalue weighted by Gasteiger charge is 2.67. The van der Waals surface area contributed by atoms with Crippen molar-refractivity contribution in [3.63, 3.8) is 0 Å². The van der Waals surface area contributed by atoms with E-state index >= 15 is 0 Å². The Hall–Kier alpha value is -1.58. The summed E-state index contributed by atoms with van der Waals surface area (Å²) in [7, 11) is 0. The van der Waals surface area contributed by atoms with E-state index in [1.54, 1.807) is 11.9 Å². The zero-order valence-electron chi connectivity index (χ0n) is 16.5. The van der Waals surface area contributed by atoms with Crippen LogP contribution >= 0.6 is 11.9 Å². The van der Waals surface area contributed by atoms with Gasteiger partial charge in [0.25, 0.3) is 0 Å². The standard InChI is InChI=1S/C24H29NOS/c1-23(2)20-14-15-24(23,3)22(26-17-19-12-8-5-9-13-19)21(20)27-25-16-18-10-6-4-7-11-18/h4-13,16,20-22H,14-15,17H2,1-3H3/b25-16+/t20-,21?,22?,24+/m1/s1. The lowest BCUT2D eigenvalue weighted by atomic mass is 9.70. The van der Waals surface area contributed by atoms with Gasteiger partial charge in [-0.05, 0) is 47.2 Å². The quantitative estimate of drug-likeness (QED) is 0.442. The lowest BCUT2D eigenvalue weighted by Crippen LogP contribution is -2.40. The first-order valence-electron chi connectivity index (χ1n) is 9.92. The Morgan fingerprint density at radius 3 is 2.41 bits per heavy atom. The summed E-state index contributed by atoms with van der Waals surface area (Å²) in [6.07, 6.45) is 4.77. The SMILES string of the molecule is CC1(C)[C@@H]2CC[C@@]1(C)C(OCc1ccccc1)C2S/N=C/c1ccccc1. The average Bonchev–Trinajstić information content (AvgIpc) is 3.00. The molecular weight excluding hydrogens is 350 g/mol. The monoisotopic (exact) mass is 379 g/mol. The third-order valence-corrected chi connectivity index (χ3v) is 8.20. The Labute approximate surface area is 167 Å². The molecule has 0 spiro atoms. The van der Waals surface area contributed by atoms with E-state index in [-0.39, 0.29) is 16.9 Å². The second-order valence-electron chi connectivity index (χ2n) is 8.72. The van der Waals surface area contributed by atoms with Crippen molar-refractivity contribution in [3.05, 3.63) is 71.8 Å². The number of fused-ring (bicyclic) bond motifs is 2. The molecule has 2 nitrogen and oxygen atoms in total. The van der Waals surface area contributed by atoms with Crippen LogP contribution in [0.25, 0.3) is 0 Å². The van der Waals surface area contributed by atoms with E-state index in [9.17, 15) is 0 Å². The molecule has 0 aromatic heterocycles. The second kappa shape index (κ2) is 7.44. The molecule has 0 amide bonds. The molecule has 2 saturated carbocycles. The molecule has 27 heavy (non-hydrogen) atoms. The van der Waals surface area contributed by atoms with Crippen LogP contribution in [0.2, 0.25) is 0 Å². The Bertz CT molecular complexity index is 789. The van der Waals surface area contributed by atoms with Crippen molar-refractivity contribution in [2.45, 2.75) is 51.6 Å². The number of hydrogen-bond acceptors (Lipinski definition) is 3. The van der Waals surface area contributed by atoms with Gasteiger partial charge in [-0.25, -0.2) is 4.40 Å². The molecule has 2 unspecified atom stereocenters. The molecule has 4 atom stereocenters. The predicted molar refractivity (Wildman–Crippen MR) is 115 cm³/mol. The molecular formula is C24H29NOS. The van der Waals surface area contributed by atoms with Crippen LogP contribution in [0.1, 0.15) is 44.7 Å². The van der Waals surface area contributed by atoms with Gasteiger partial charge in [-0.1, -0.05) is 81.4 Å². The summed E-state index contributed by atoms with van der Waals surface area (Å²) in [5, 5.41) is 0.419. The summed E-state index contributed by atoms with van der Waals surface area (Å²) in [5.41, 5.74) is 2.90. The van der Waals surface area contributed by atoms with Crippen molar-refractivity contribution < 1.29 is 4.74 Å². The smallest absolute Gasteiger partial charge is 0.0777 e. The number of ether oxygens (including phenoxy) is 1. The summed E-state index contributed by atoms with van der Waals surface area (Å²) in [5.74, 6) is 0.654. The zero-order valence-corrected chi connectivity index (χ0v) is 17.3. The van der Waals surface area contributed by atoms with Crippen LogP contribution < -0.4 is 0 Å². The molecule has 2 fully saturated rings. The first kappa shape index (κ1) is 18.8. The number of benzene rings is 2. The molecule has 2 aliphatic carbocycles. The fourth-order valence-electron chi connectivity index (χ4n) is 5.09. The molecule has 0 aliphatic heterocycles. The van der Waals surface area contributed by atoms with Crippen molar-refractivity contribution in [1.82, 2.24) is 0 Å². The van der Waals surface area contributed by atoms with Gasteiger partial charge in [0.15, 0.2) is 0 Å². The average molecular weight is 380 g/mol. The highest BCUT2D eigenvalue weighted by Crippen LogP contribution is 2.68. The van der Waals surface area contributed by atoms with E-state index in [1.807, 2.05) is 12.3 Å². The minimum absolute atomic E-state index is 0.215. The second-order valence-corrected chi connectivity index (χ2v) is 9.68. The van der Waals surface area contributed by atoms with Crippen molar-refractivity contribution in [1.29, 1.82) is 0 Å². The molecule has 4 rings (SSSR count). The van der Waals surface area contributed by atoms with Gasteiger partial charge < -0.3 is 4.74 Å². The van der Waals surface area contributed by atoms with E-state index in [0.29, 0.717) is 17.8 Å². The molecule has 0 radical (unpaired) electrons. The molecule has 0 saturated heterocycles. The lowest BCUT2D eigenvalue weighted by Gasteiger charge is -2.39. The number of rotatable bonds is 6. The summed E-state index contributed by atoms with van der Waals surface area (Å²) < 4.78 is 11.3. The van der Waals surface area contributed by atoms with E-state index < -0.39 is 0 Å². The van der Waals surface area contributed by atoms with Crippen LogP contribution in [0.4, 0.5) is 0 Å². The molecule has 0 heterocycles. The maximum absolute atomic E-state index is 6.58. The normalized spacial score (nSPS) is 31.6. The van der Waals surface area contributed by atoms with Crippen LogP contribution in [0, 0.1) is 16.7 Å². The Balaban J connectivity index is 1.51. The van der Waals surface area contributed by atoms with E-state index in [1.165, 1.54) is 18.4 Å².